The predicted molar refractivity (Wildman–Crippen MR) is 94.7 cm³/mol. The molecule has 0 unspecified atom stereocenters. The number of hydrogen-bond acceptors (Lipinski definition) is 4. The highest BCUT2D eigenvalue weighted by Crippen LogP contribution is 2.16. The number of aromatic nitrogens is 1. The van der Waals surface area contributed by atoms with Crippen LogP contribution in [0.4, 0.5) is 4.79 Å². The summed E-state index contributed by atoms with van der Waals surface area (Å²) in [5.74, 6) is 0.470. The Bertz CT molecular complexity index is 759. The number of methoxy groups -OCH3 is 1. The molecule has 132 valence electrons. The summed E-state index contributed by atoms with van der Waals surface area (Å²) in [5.41, 5.74) is 2.42. The monoisotopic (exact) mass is 343 g/mol. The minimum Gasteiger partial charge on any atom is -0.494 e. The molecule has 1 N–H and O–H groups in total. The molecular formula is C19H21NO5. The van der Waals surface area contributed by atoms with Crippen LogP contribution in [0.25, 0.3) is 12.2 Å². The lowest BCUT2D eigenvalue weighted by atomic mass is 10.2. The molecule has 2 aromatic rings. The van der Waals surface area contributed by atoms with E-state index in [4.69, 9.17) is 9.84 Å². The summed E-state index contributed by atoms with van der Waals surface area (Å²) in [6.45, 7) is 2.29. The van der Waals surface area contributed by atoms with E-state index in [1.807, 2.05) is 43.3 Å². The molecule has 0 aliphatic rings. The largest absolute Gasteiger partial charge is 0.494 e. The number of carboxylic acid groups (broad SMARTS) is 1. The first kappa shape index (κ1) is 18.3. The lowest BCUT2D eigenvalue weighted by Crippen LogP contribution is -2.07. The van der Waals surface area contributed by atoms with Gasteiger partial charge in [0.2, 0.25) is 0 Å². The van der Waals surface area contributed by atoms with E-state index in [0.717, 1.165) is 11.1 Å². The van der Waals surface area contributed by atoms with Crippen molar-refractivity contribution < 1.29 is 24.2 Å². The van der Waals surface area contributed by atoms with Crippen LogP contribution in [0.1, 0.15) is 29.7 Å². The topological polar surface area (TPSA) is 77.8 Å². The fourth-order valence-electron chi connectivity index (χ4n) is 2.28. The Kier molecular flexibility index (Phi) is 6.39. The third-order valence-electron chi connectivity index (χ3n) is 3.54. The number of benzene rings is 1. The molecule has 25 heavy (non-hydrogen) atoms. The van der Waals surface area contributed by atoms with Crippen molar-refractivity contribution in [2.24, 2.45) is 0 Å². The Morgan fingerprint density at radius 2 is 1.92 bits per heavy atom. The molecule has 0 aliphatic carbocycles. The number of carbonyl (C=O) groups is 2. The van der Waals surface area contributed by atoms with Crippen molar-refractivity contribution in [3.05, 3.63) is 53.3 Å². The second-order valence-corrected chi connectivity index (χ2v) is 5.53. The molecular weight excluding hydrogens is 322 g/mol. The lowest BCUT2D eigenvalue weighted by molar-refractivity contribution is -0.140. The smallest absolute Gasteiger partial charge is 0.415 e. The summed E-state index contributed by atoms with van der Waals surface area (Å²) in [5, 5.41) is 9.15. The number of esters is 1. The summed E-state index contributed by atoms with van der Waals surface area (Å²) < 4.78 is 11.3. The Morgan fingerprint density at radius 3 is 2.56 bits per heavy atom. The molecule has 0 fully saturated rings. The van der Waals surface area contributed by atoms with Crippen LogP contribution in [-0.4, -0.2) is 35.5 Å². The van der Waals surface area contributed by atoms with Gasteiger partial charge in [0.15, 0.2) is 0 Å². The van der Waals surface area contributed by atoms with E-state index in [1.165, 1.54) is 11.7 Å². The Labute approximate surface area is 146 Å². The van der Waals surface area contributed by atoms with Gasteiger partial charge in [-0.15, -0.1) is 0 Å². The molecule has 0 atom stereocenters. The van der Waals surface area contributed by atoms with Gasteiger partial charge in [-0.1, -0.05) is 18.2 Å². The molecule has 1 aromatic heterocycles. The van der Waals surface area contributed by atoms with Gasteiger partial charge < -0.3 is 14.6 Å². The first-order valence-corrected chi connectivity index (χ1v) is 7.89. The van der Waals surface area contributed by atoms with E-state index in [9.17, 15) is 9.59 Å². The first-order chi connectivity index (χ1) is 12.0. The zero-order chi connectivity index (χ0) is 18.2. The van der Waals surface area contributed by atoms with Crippen LogP contribution in [0.5, 0.6) is 5.75 Å². The van der Waals surface area contributed by atoms with E-state index in [0.29, 0.717) is 30.9 Å². The minimum absolute atomic E-state index is 0.245. The second kappa shape index (κ2) is 8.73. The van der Waals surface area contributed by atoms with Crippen LogP contribution < -0.4 is 4.74 Å². The number of ether oxygens (including phenoxy) is 2. The number of aryl methyl sites for hydroxylation is 1. The van der Waals surface area contributed by atoms with E-state index in [1.54, 1.807) is 12.3 Å². The highest BCUT2D eigenvalue weighted by Gasteiger charge is 2.06. The van der Waals surface area contributed by atoms with Crippen LogP contribution in [0, 0.1) is 6.92 Å². The SMILES string of the molecule is COC(=O)CCCOc1ccc(C=Cc2cc(C)cn2C(=O)O)cc1. The molecule has 1 heterocycles. The fourth-order valence-corrected chi connectivity index (χ4v) is 2.28. The van der Waals surface area contributed by atoms with Gasteiger partial charge in [0, 0.05) is 12.6 Å². The van der Waals surface area contributed by atoms with E-state index in [-0.39, 0.29) is 5.97 Å². The van der Waals surface area contributed by atoms with E-state index in [2.05, 4.69) is 4.74 Å². The van der Waals surface area contributed by atoms with Crippen LogP contribution in [0.15, 0.2) is 36.5 Å². The molecule has 0 aliphatic heterocycles. The molecule has 0 radical (unpaired) electrons. The quantitative estimate of drug-likeness (QED) is 0.611. The number of carbonyl (C=O) groups excluding carboxylic acids is 1. The fraction of sp³-hybridized carbons (Fsp3) is 0.263. The van der Waals surface area contributed by atoms with Crippen molar-refractivity contribution in [1.82, 2.24) is 4.57 Å². The highest BCUT2D eigenvalue weighted by molar-refractivity contribution is 5.77. The van der Waals surface area contributed by atoms with Gasteiger partial charge in [0.1, 0.15) is 5.75 Å². The van der Waals surface area contributed by atoms with E-state index >= 15 is 0 Å². The summed E-state index contributed by atoms with van der Waals surface area (Å²) in [4.78, 5) is 22.2. The Morgan fingerprint density at radius 1 is 1.20 bits per heavy atom. The van der Waals surface area contributed by atoms with Crippen molar-refractivity contribution in [3.63, 3.8) is 0 Å². The maximum absolute atomic E-state index is 11.2. The summed E-state index contributed by atoms with van der Waals surface area (Å²) in [6, 6.07) is 9.24. The number of nitrogens with zero attached hydrogens (tertiary/aromatic N) is 1. The molecule has 6 nitrogen and oxygen atoms in total. The van der Waals surface area contributed by atoms with Gasteiger partial charge in [0.05, 0.1) is 19.4 Å². The molecule has 0 saturated heterocycles. The highest BCUT2D eigenvalue weighted by atomic mass is 16.5. The van der Waals surface area contributed by atoms with Crippen molar-refractivity contribution in [2.45, 2.75) is 19.8 Å². The zero-order valence-electron chi connectivity index (χ0n) is 14.3. The maximum atomic E-state index is 11.2. The van der Waals surface area contributed by atoms with Crippen molar-refractivity contribution in [2.75, 3.05) is 13.7 Å². The average Bonchev–Trinajstić information content (AvgIpc) is 2.98. The Hall–Kier alpha value is -3.02. The first-order valence-electron chi connectivity index (χ1n) is 7.89. The lowest BCUT2D eigenvalue weighted by Gasteiger charge is -2.06. The molecule has 0 amide bonds. The van der Waals surface area contributed by atoms with Crippen LogP contribution in [-0.2, 0) is 9.53 Å². The van der Waals surface area contributed by atoms with Gasteiger partial charge in [-0.25, -0.2) is 4.79 Å². The van der Waals surface area contributed by atoms with Crippen LogP contribution in [0.3, 0.4) is 0 Å². The summed E-state index contributed by atoms with van der Waals surface area (Å²) in [7, 11) is 1.37. The van der Waals surface area contributed by atoms with Crippen molar-refractivity contribution in [1.29, 1.82) is 0 Å². The molecule has 1 aromatic carbocycles. The van der Waals surface area contributed by atoms with Gasteiger partial charge >= 0.3 is 12.1 Å². The van der Waals surface area contributed by atoms with Crippen molar-refractivity contribution >= 4 is 24.2 Å². The molecule has 0 spiro atoms. The molecule has 0 bridgehead atoms. The Balaban J connectivity index is 1.92. The third-order valence-corrected chi connectivity index (χ3v) is 3.54. The van der Waals surface area contributed by atoms with Crippen molar-refractivity contribution in [3.8, 4) is 5.75 Å². The normalized spacial score (nSPS) is 10.8. The molecule has 0 saturated carbocycles. The van der Waals surface area contributed by atoms with Crippen LogP contribution >= 0.6 is 0 Å². The summed E-state index contributed by atoms with van der Waals surface area (Å²) in [6.07, 6.45) is 5.10. The third kappa shape index (κ3) is 5.53. The number of hydrogen-bond donors (Lipinski definition) is 1. The zero-order valence-corrected chi connectivity index (χ0v) is 14.3. The summed E-state index contributed by atoms with van der Waals surface area (Å²) >= 11 is 0. The molecule has 6 heteroatoms. The number of rotatable bonds is 7. The van der Waals surface area contributed by atoms with E-state index < -0.39 is 6.09 Å². The van der Waals surface area contributed by atoms with Gasteiger partial charge in [-0.05, 0) is 48.7 Å². The van der Waals surface area contributed by atoms with Gasteiger partial charge in [-0.2, -0.15) is 0 Å². The van der Waals surface area contributed by atoms with Gasteiger partial charge in [-0.3, -0.25) is 9.36 Å². The van der Waals surface area contributed by atoms with Crippen LogP contribution in [0.2, 0.25) is 0 Å². The molecule has 2 rings (SSSR count). The van der Waals surface area contributed by atoms with Gasteiger partial charge in [0.25, 0.3) is 0 Å². The average molecular weight is 343 g/mol. The maximum Gasteiger partial charge on any atom is 0.415 e. The second-order valence-electron chi connectivity index (χ2n) is 5.53. The predicted octanol–water partition coefficient (Wildman–Crippen LogP) is 3.83. The standard InChI is InChI=1S/C19H21NO5/c1-14-12-16(20(13-14)19(22)23)8-5-15-6-9-17(10-7-15)25-11-3-4-18(21)24-2/h5-10,12-13H,3-4,11H2,1-2H3,(H,22,23). The minimum atomic E-state index is -1.01.